The molecule has 4 aromatic rings. The van der Waals surface area contributed by atoms with Gasteiger partial charge in [-0.15, -0.1) is 0 Å². The van der Waals surface area contributed by atoms with Gasteiger partial charge >= 0.3 is 0 Å². The second-order valence-corrected chi connectivity index (χ2v) is 5.35. The summed E-state index contributed by atoms with van der Waals surface area (Å²) in [5, 5.41) is 4.45. The van der Waals surface area contributed by atoms with E-state index in [-0.39, 0.29) is 11.6 Å². The molecule has 0 aliphatic rings. The minimum Gasteiger partial charge on any atom is -0.206 e. The number of rotatable bonds is 0. The maximum atomic E-state index is 14.4. The number of aryl methyl sites for hydroxylation is 1. The standard InChI is InChI=1S/C19H12F2/c1-11-10-15-16(20)8-9-17(21)19(15)18-13(11)7-6-12-4-2-3-5-14(12)18/h2-10H,1H3. The summed E-state index contributed by atoms with van der Waals surface area (Å²) in [4.78, 5) is 0. The zero-order valence-corrected chi connectivity index (χ0v) is 11.5. The predicted octanol–water partition coefficient (Wildman–Crippen LogP) is 5.73. The molecule has 0 radical (unpaired) electrons. The third-order valence-corrected chi connectivity index (χ3v) is 4.11. The Morgan fingerprint density at radius 1 is 0.667 bits per heavy atom. The van der Waals surface area contributed by atoms with Crippen molar-refractivity contribution in [1.82, 2.24) is 0 Å². The van der Waals surface area contributed by atoms with Gasteiger partial charge in [0.25, 0.3) is 0 Å². The monoisotopic (exact) mass is 278 g/mol. The van der Waals surface area contributed by atoms with Gasteiger partial charge in [0, 0.05) is 16.2 Å². The van der Waals surface area contributed by atoms with Crippen LogP contribution in [0.2, 0.25) is 0 Å². The topological polar surface area (TPSA) is 0 Å². The SMILES string of the molecule is Cc1cc2c(F)ccc(F)c2c2c1ccc1ccccc12. The Hall–Kier alpha value is -2.48. The van der Waals surface area contributed by atoms with Crippen molar-refractivity contribution in [2.75, 3.05) is 0 Å². The molecular weight excluding hydrogens is 266 g/mol. The average molecular weight is 278 g/mol. The first kappa shape index (κ1) is 12.3. The van der Waals surface area contributed by atoms with Crippen molar-refractivity contribution < 1.29 is 8.78 Å². The molecule has 0 bridgehead atoms. The Morgan fingerprint density at radius 2 is 1.43 bits per heavy atom. The lowest BCUT2D eigenvalue weighted by Crippen LogP contribution is -1.90. The Morgan fingerprint density at radius 3 is 2.29 bits per heavy atom. The second-order valence-electron chi connectivity index (χ2n) is 5.35. The van der Waals surface area contributed by atoms with E-state index in [9.17, 15) is 8.78 Å². The molecule has 0 amide bonds. The normalized spacial score (nSPS) is 11.6. The Kier molecular flexibility index (Phi) is 2.49. The highest BCUT2D eigenvalue weighted by Gasteiger charge is 2.13. The summed E-state index contributed by atoms with van der Waals surface area (Å²) in [5.41, 5.74) is 0.952. The van der Waals surface area contributed by atoms with E-state index in [1.54, 1.807) is 6.07 Å². The van der Waals surface area contributed by atoms with Gasteiger partial charge in [-0.1, -0.05) is 36.4 Å². The van der Waals surface area contributed by atoms with Gasteiger partial charge in [-0.25, -0.2) is 8.78 Å². The first-order valence-electron chi connectivity index (χ1n) is 6.85. The average Bonchev–Trinajstić information content (AvgIpc) is 2.50. The van der Waals surface area contributed by atoms with Gasteiger partial charge in [0.1, 0.15) is 11.6 Å². The van der Waals surface area contributed by atoms with Crippen LogP contribution in [-0.4, -0.2) is 0 Å². The van der Waals surface area contributed by atoms with Crippen LogP contribution in [0.1, 0.15) is 5.56 Å². The molecule has 0 unspecified atom stereocenters. The van der Waals surface area contributed by atoms with Crippen LogP contribution in [0, 0.1) is 18.6 Å². The summed E-state index contributed by atoms with van der Waals surface area (Å²) in [7, 11) is 0. The number of hydrogen-bond donors (Lipinski definition) is 0. The lowest BCUT2D eigenvalue weighted by atomic mass is 9.93. The molecule has 4 rings (SSSR count). The highest BCUT2D eigenvalue weighted by molar-refractivity contribution is 6.21. The third-order valence-electron chi connectivity index (χ3n) is 4.11. The molecule has 0 spiro atoms. The quantitative estimate of drug-likeness (QED) is 0.360. The third kappa shape index (κ3) is 1.65. The van der Waals surface area contributed by atoms with Gasteiger partial charge < -0.3 is 0 Å². The van der Waals surface area contributed by atoms with Crippen molar-refractivity contribution in [3.05, 3.63) is 71.8 Å². The lowest BCUT2D eigenvalue weighted by molar-refractivity contribution is 0.618. The van der Waals surface area contributed by atoms with E-state index in [1.807, 2.05) is 43.3 Å². The highest BCUT2D eigenvalue weighted by Crippen LogP contribution is 2.36. The zero-order valence-electron chi connectivity index (χ0n) is 11.5. The molecule has 0 saturated carbocycles. The lowest BCUT2D eigenvalue weighted by Gasteiger charge is -2.12. The summed E-state index contributed by atoms with van der Waals surface area (Å²) in [6.45, 7) is 1.93. The first-order chi connectivity index (χ1) is 10.2. The number of benzene rings is 4. The number of hydrogen-bond acceptors (Lipinski definition) is 0. The van der Waals surface area contributed by atoms with Crippen LogP contribution in [0.4, 0.5) is 8.78 Å². The van der Waals surface area contributed by atoms with Crippen molar-refractivity contribution in [2.45, 2.75) is 6.92 Å². The molecule has 102 valence electrons. The van der Waals surface area contributed by atoms with Crippen LogP contribution >= 0.6 is 0 Å². The van der Waals surface area contributed by atoms with Gasteiger partial charge in [0.15, 0.2) is 0 Å². The molecule has 0 aliphatic carbocycles. The molecule has 0 aliphatic heterocycles. The van der Waals surface area contributed by atoms with E-state index < -0.39 is 0 Å². The van der Waals surface area contributed by atoms with Crippen LogP contribution < -0.4 is 0 Å². The number of halogens is 2. The summed E-state index contributed by atoms with van der Waals surface area (Å²) >= 11 is 0. The summed E-state index contributed by atoms with van der Waals surface area (Å²) < 4.78 is 28.5. The maximum Gasteiger partial charge on any atom is 0.131 e. The van der Waals surface area contributed by atoms with E-state index in [1.165, 1.54) is 12.1 Å². The van der Waals surface area contributed by atoms with E-state index in [0.29, 0.717) is 10.8 Å². The molecule has 0 saturated heterocycles. The Balaban J connectivity index is 2.43. The van der Waals surface area contributed by atoms with E-state index in [2.05, 4.69) is 0 Å². The Bertz CT molecular complexity index is 1020. The van der Waals surface area contributed by atoms with Crippen LogP contribution in [-0.2, 0) is 0 Å². The predicted molar refractivity (Wildman–Crippen MR) is 83.6 cm³/mol. The minimum absolute atomic E-state index is 0.344. The molecule has 0 aromatic heterocycles. The highest BCUT2D eigenvalue weighted by atomic mass is 19.1. The van der Waals surface area contributed by atoms with Crippen LogP contribution in [0.15, 0.2) is 54.6 Å². The van der Waals surface area contributed by atoms with Crippen LogP contribution in [0.3, 0.4) is 0 Å². The fourth-order valence-electron chi connectivity index (χ4n) is 3.13. The van der Waals surface area contributed by atoms with Crippen molar-refractivity contribution >= 4 is 32.3 Å². The van der Waals surface area contributed by atoms with Gasteiger partial charge in [0.2, 0.25) is 0 Å². The maximum absolute atomic E-state index is 14.4. The van der Waals surface area contributed by atoms with E-state index in [0.717, 1.165) is 27.1 Å². The van der Waals surface area contributed by atoms with Crippen molar-refractivity contribution in [3.8, 4) is 0 Å². The summed E-state index contributed by atoms with van der Waals surface area (Å²) in [6, 6.07) is 15.9. The van der Waals surface area contributed by atoms with Crippen molar-refractivity contribution in [2.24, 2.45) is 0 Å². The summed E-state index contributed by atoms with van der Waals surface area (Å²) in [5.74, 6) is -0.767. The van der Waals surface area contributed by atoms with Gasteiger partial charge in [-0.05, 0) is 46.8 Å². The van der Waals surface area contributed by atoms with Crippen molar-refractivity contribution in [1.29, 1.82) is 0 Å². The molecular formula is C19H12F2. The fourth-order valence-corrected chi connectivity index (χ4v) is 3.13. The van der Waals surface area contributed by atoms with Gasteiger partial charge in [-0.2, -0.15) is 0 Å². The van der Waals surface area contributed by atoms with Crippen LogP contribution in [0.5, 0.6) is 0 Å². The molecule has 2 heteroatoms. The second kappa shape index (κ2) is 4.26. The van der Waals surface area contributed by atoms with Gasteiger partial charge in [-0.3, -0.25) is 0 Å². The molecule has 0 fully saturated rings. The Labute approximate surface area is 120 Å². The largest absolute Gasteiger partial charge is 0.206 e. The van der Waals surface area contributed by atoms with Gasteiger partial charge in [0.05, 0.1) is 0 Å². The van der Waals surface area contributed by atoms with Crippen molar-refractivity contribution in [3.63, 3.8) is 0 Å². The van der Waals surface area contributed by atoms with Crippen LogP contribution in [0.25, 0.3) is 32.3 Å². The molecule has 0 heterocycles. The van der Waals surface area contributed by atoms with E-state index >= 15 is 0 Å². The first-order valence-corrected chi connectivity index (χ1v) is 6.85. The van der Waals surface area contributed by atoms with E-state index in [4.69, 9.17) is 0 Å². The molecule has 0 N–H and O–H groups in total. The smallest absolute Gasteiger partial charge is 0.131 e. The fraction of sp³-hybridized carbons (Fsp3) is 0.0526. The number of fused-ring (bicyclic) bond motifs is 5. The zero-order chi connectivity index (χ0) is 14.6. The molecule has 0 nitrogen and oxygen atoms in total. The minimum atomic E-state index is -0.385. The summed E-state index contributed by atoms with van der Waals surface area (Å²) in [6.07, 6.45) is 0. The molecule has 21 heavy (non-hydrogen) atoms. The molecule has 0 atom stereocenters. The molecule has 4 aromatic carbocycles.